The maximum absolute atomic E-state index is 12.9. The Morgan fingerprint density at radius 2 is 1.67 bits per heavy atom. The molecule has 1 heterocycles. The lowest BCUT2D eigenvalue weighted by Crippen LogP contribution is -2.35. The Kier molecular flexibility index (Phi) is 8.87. The van der Waals surface area contributed by atoms with Crippen LogP contribution in [0.5, 0.6) is 0 Å². The summed E-state index contributed by atoms with van der Waals surface area (Å²) in [6.07, 6.45) is 2.82. The lowest BCUT2D eigenvalue weighted by molar-refractivity contribution is -0.120. The van der Waals surface area contributed by atoms with Crippen molar-refractivity contribution in [2.75, 3.05) is 24.2 Å². The second kappa shape index (κ2) is 11.6. The summed E-state index contributed by atoms with van der Waals surface area (Å²) in [7, 11) is -3.48. The molecule has 2 aromatic carbocycles. The van der Waals surface area contributed by atoms with Crippen LogP contribution in [0.15, 0.2) is 53.4 Å². The van der Waals surface area contributed by atoms with Crippen LogP contribution in [0.2, 0.25) is 0 Å². The molecule has 1 unspecified atom stereocenters. The van der Waals surface area contributed by atoms with Gasteiger partial charge in [0.05, 0.1) is 15.9 Å². The monoisotopic (exact) mass is 493 g/mol. The molecule has 0 aliphatic carbocycles. The zero-order chi connectivity index (χ0) is 23.8. The van der Waals surface area contributed by atoms with Gasteiger partial charge in [0, 0.05) is 25.3 Å². The van der Waals surface area contributed by atoms with Gasteiger partial charge in [0.25, 0.3) is 0 Å². The number of halogens is 1. The minimum absolute atomic E-state index is 0.0784. The number of benzene rings is 2. The maximum Gasteiger partial charge on any atom is 0.243 e. The zero-order valence-corrected chi connectivity index (χ0v) is 20.1. The van der Waals surface area contributed by atoms with Gasteiger partial charge >= 0.3 is 0 Å². The van der Waals surface area contributed by atoms with Crippen LogP contribution < -0.4 is 10.6 Å². The summed E-state index contributed by atoms with van der Waals surface area (Å²) in [5, 5.41) is 5.00. The van der Waals surface area contributed by atoms with Gasteiger partial charge < -0.3 is 10.6 Å². The van der Waals surface area contributed by atoms with E-state index < -0.39 is 15.3 Å². The number of thioether (sulfide) groups is 1. The second-order valence-electron chi connectivity index (χ2n) is 7.83. The van der Waals surface area contributed by atoms with Gasteiger partial charge in [-0.3, -0.25) is 9.59 Å². The highest BCUT2D eigenvalue weighted by atomic mass is 32.2. The zero-order valence-electron chi connectivity index (χ0n) is 18.4. The number of carbonyl (C=O) groups is 2. The average molecular weight is 494 g/mol. The predicted molar refractivity (Wildman–Crippen MR) is 128 cm³/mol. The number of anilines is 1. The summed E-state index contributed by atoms with van der Waals surface area (Å²) in [4.78, 5) is 24.6. The molecule has 1 aliphatic heterocycles. The first-order chi connectivity index (χ1) is 15.8. The first-order valence-electron chi connectivity index (χ1n) is 10.8. The van der Waals surface area contributed by atoms with Crippen molar-refractivity contribution in [3.8, 4) is 0 Å². The van der Waals surface area contributed by atoms with Gasteiger partial charge in [0.15, 0.2) is 0 Å². The Morgan fingerprint density at radius 3 is 2.30 bits per heavy atom. The largest absolute Gasteiger partial charge is 0.351 e. The topological polar surface area (TPSA) is 95.6 Å². The molecule has 2 N–H and O–H groups in total. The number of amides is 2. The minimum Gasteiger partial charge on any atom is -0.351 e. The summed E-state index contributed by atoms with van der Waals surface area (Å²) in [5.74, 6) is -0.808. The van der Waals surface area contributed by atoms with E-state index in [4.69, 9.17) is 0 Å². The smallest absolute Gasteiger partial charge is 0.243 e. The summed E-state index contributed by atoms with van der Waals surface area (Å²) >= 11 is 1.19. The fourth-order valence-electron chi connectivity index (χ4n) is 3.37. The Hall–Kier alpha value is -2.43. The molecule has 3 rings (SSSR count). The maximum atomic E-state index is 12.9. The van der Waals surface area contributed by atoms with E-state index >= 15 is 0 Å². The quantitative estimate of drug-likeness (QED) is 0.558. The molecule has 0 radical (unpaired) electrons. The van der Waals surface area contributed by atoms with E-state index in [1.54, 1.807) is 31.2 Å². The van der Waals surface area contributed by atoms with E-state index in [0.717, 1.165) is 24.8 Å². The lowest BCUT2D eigenvalue weighted by Gasteiger charge is -2.25. The third kappa shape index (κ3) is 7.28. The summed E-state index contributed by atoms with van der Waals surface area (Å²) in [6, 6.07) is 12.0. The molecule has 0 spiro atoms. The van der Waals surface area contributed by atoms with Crippen molar-refractivity contribution in [1.29, 1.82) is 0 Å². The van der Waals surface area contributed by atoms with Crippen LogP contribution in [0, 0.1) is 5.82 Å². The van der Waals surface area contributed by atoms with Crippen LogP contribution >= 0.6 is 11.8 Å². The number of nitrogens with zero attached hydrogens (tertiary/aromatic N) is 1. The van der Waals surface area contributed by atoms with Crippen LogP contribution in [-0.4, -0.2) is 48.6 Å². The standard InChI is InChI=1S/C23H28FN3O4S2/c1-17(32-16-22(28)26-20-9-7-19(24)8-10-20)23(29)25-15-18-5-11-21(12-6-18)33(30,31)27-13-3-2-4-14-27/h5-12,17H,2-4,13-16H2,1H3,(H,25,29)(H,26,28). The molecule has 10 heteroatoms. The molecule has 7 nitrogen and oxygen atoms in total. The molecular formula is C23H28FN3O4S2. The lowest BCUT2D eigenvalue weighted by atomic mass is 10.2. The number of nitrogens with one attached hydrogen (secondary N) is 2. The average Bonchev–Trinajstić information content (AvgIpc) is 2.83. The normalized spacial score (nSPS) is 15.6. The molecule has 178 valence electrons. The third-order valence-electron chi connectivity index (χ3n) is 5.30. The molecule has 1 saturated heterocycles. The minimum atomic E-state index is -3.48. The number of piperidine rings is 1. The molecule has 1 fully saturated rings. The summed E-state index contributed by atoms with van der Waals surface area (Å²) in [6.45, 7) is 3.07. The number of carbonyl (C=O) groups excluding carboxylic acids is 2. The van der Waals surface area contributed by atoms with E-state index in [2.05, 4.69) is 10.6 Å². The fraction of sp³-hybridized carbons (Fsp3) is 0.391. The van der Waals surface area contributed by atoms with Crippen molar-refractivity contribution in [3.63, 3.8) is 0 Å². The van der Waals surface area contributed by atoms with Crippen molar-refractivity contribution in [1.82, 2.24) is 9.62 Å². The Morgan fingerprint density at radius 1 is 1.03 bits per heavy atom. The van der Waals surface area contributed by atoms with Crippen LogP contribution in [0.1, 0.15) is 31.7 Å². The Bertz CT molecular complexity index is 1050. The van der Waals surface area contributed by atoms with Gasteiger partial charge in [-0.1, -0.05) is 18.6 Å². The molecule has 2 aromatic rings. The van der Waals surface area contributed by atoms with Gasteiger partial charge in [-0.05, 0) is 61.7 Å². The molecular weight excluding hydrogens is 465 g/mol. The van der Waals surface area contributed by atoms with Crippen LogP contribution in [0.25, 0.3) is 0 Å². The summed E-state index contributed by atoms with van der Waals surface area (Å²) in [5.41, 5.74) is 1.28. The van der Waals surface area contributed by atoms with Crippen LogP contribution in [0.3, 0.4) is 0 Å². The van der Waals surface area contributed by atoms with E-state index in [0.29, 0.717) is 18.8 Å². The predicted octanol–water partition coefficient (Wildman–Crippen LogP) is 3.38. The highest BCUT2D eigenvalue weighted by Gasteiger charge is 2.25. The van der Waals surface area contributed by atoms with Crippen LogP contribution in [0.4, 0.5) is 10.1 Å². The van der Waals surface area contributed by atoms with Crippen LogP contribution in [-0.2, 0) is 26.2 Å². The Labute approximate surface area is 198 Å². The van der Waals surface area contributed by atoms with Gasteiger partial charge in [0.2, 0.25) is 21.8 Å². The first kappa shape index (κ1) is 25.2. The van der Waals surface area contributed by atoms with Gasteiger partial charge in [-0.15, -0.1) is 11.8 Å². The van der Waals surface area contributed by atoms with E-state index in [-0.39, 0.29) is 34.8 Å². The SMILES string of the molecule is CC(SCC(=O)Nc1ccc(F)cc1)C(=O)NCc1ccc(S(=O)(=O)N2CCCCC2)cc1. The highest BCUT2D eigenvalue weighted by Crippen LogP contribution is 2.21. The van der Waals surface area contributed by atoms with Gasteiger partial charge in [0.1, 0.15) is 5.82 Å². The number of rotatable bonds is 9. The highest BCUT2D eigenvalue weighted by molar-refractivity contribution is 8.01. The molecule has 0 saturated carbocycles. The number of hydrogen-bond acceptors (Lipinski definition) is 5. The fourth-order valence-corrected chi connectivity index (χ4v) is 5.60. The molecule has 0 bridgehead atoms. The third-order valence-corrected chi connectivity index (χ3v) is 8.36. The second-order valence-corrected chi connectivity index (χ2v) is 11.1. The van der Waals surface area contributed by atoms with E-state index in [1.807, 2.05) is 0 Å². The van der Waals surface area contributed by atoms with Crippen molar-refractivity contribution < 1.29 is 22.4 Å². The van der Waals surface area contributed by atoms with E-state index in [1.165, 1.54) is 40.3 Å². The Balaban J connectivity index is 1.43. The molecule has 2 amide bonds. The van der Waals surface area contributed by atoms with Crippen molar-refractivity contribution >= 4 is 39.3 Å². The van der Waals surface area contributed by atoms with Crippen molar-refractivity contribution in [3.05, 3.63) is 59.9 Å². The van der Waals surface area contributed by atoms with Gasteiger partial charge in [-0.2, -0.15) is 4.31 Å². The molecule has 0 aromatic heterocycles. The van der Waals surface area contributed by atoms with Crippen molar-refractivity contribution in [2.45, 2.75) is 42.9 Å². The molecule has 1 aliphatic rings. The summed E-state index contributed by atoms with van der Waals surface area (Å²) < 4.78 is 39.9. The van der Waals surface area contributed by atoms with E-state index in [9.17, 15) is 22.4 Å². The molecule has 33 heavy (non-hydrogen) atoms. The number of sulfonamides is 1. The first-order valence-corrected chi connectivity index (χ1v) is 13.3. The van der Waals surface area contributed by atoms with Crippen molar-refractivity contribution in [2.24, 2.45) is 0 Å². The number of hydrogen-bond donors (Lipinski definition) is 2. The molecule has 1 atom stereocenters. The van der Waals surface area contributed by atoms with Gasteiger partial charge in [-0.25, -0.2) is 12.8 Å².